The minimum absolute atomic E-state index is 0.427. The van der Waals surface area contributed by atoms with E-state index >= 15 is 0 Å². The Morgan fingerprint density at radius 2 is 1.90 bits per heavy atom. The van der Waals surface area contributed by atoms with E-state index in [1.807, 2.05) is 30.3 Å². The first-order valence-corrected chi connectivity index (χ1v) is 8.52. The molecule has 1 saturated carbocycles. The van der Waals surface area contributed by atoms with Crippen LogP contribution in [-0.4, -0.2) is 43.2 Å². The van der Waals surface area contributed by atoms with Crippen LogP contribution in [0.3, 0.4) is 0 Å². The number of ether oxygens (including phenoxy) is 1. The summed E-state index contributed by atoms with van der Waals surface area (Å²) in [5, 5.41) is 3.83. The molecule has 21 heavy (non-hydrogen) atoms. The third-order valence-electron chi connectivity index (χ3n) is 4.87. The maximum Gasteiger partial charge on any atom is 0.119 e. The lowest BCUT2D eigenvalue weighted by atomic mass is 9.97. The van der Waals surface area contributed by atoms with Gasteiger partial charge in [0.2, 0.25) is 0 Å². The lowest BCUT2D eigenvalue weighted by Crippen LogP contribution is -2.49. The molecule has 1 heterocycles. The highest BCUT2D eigenvalue weighted by Gasteiger charge is 2.35. The van der Waals surface area contributed by atoms with Crippen molar-refractivity contribution in [1.82, 2.24) is 10.2 Å². The third kappa shape index (κ3) is 4.21. The molecule has 1 saturated heterocycles. The van der Waals surface area contributed by atoms with Crippen molar-refractivity contribution < 1.29 is 4.74 Å². The number of hydrogen-bond acceptors (Lipinski definition) is 3. The van der Waals surface area contributed by atoms with Gasteiger partial charge in [-0.25, -0.2) is 0 Å². The van der Waals surface area contributed by atoms with Crippen molar-refractivity contribution in [3.05, 3.63) is 30.3 Å². The normalized spacial score (nSPS) is 22.3. The van der Waals surface area contributed by atoms with Gasteiger partial charge in [0.1, 0.15) is 5.75 Å². The Labute approximate surface area is 128 Å². The fraction of sp³-hybridized carbons (Fsp3) is 0.667. The molecular formula is C18H28N2O. The molecule has 0 radical (unpaired) electrons. The topological polar surface area (TPSA) is 24.5 Å². The molecule has 1 aromatic rings. The molecule has 2 fully saturated rings. The van der Waals surface area contributed by atoms with E-state index in [-0.39, 0.29) is 0 Å². The Bertz CT molecular complexity index is 414. The van der Waals surface area contributed by atoms with Crippen molar-refractivity contribution in [2.45, 2.75) is 44.1 Å². The van der Waals surface area contributed by atoms with Crippen LogP contribution in [0, 0.1) is 0 Å². The molecular weight excluding hydrogens is 260 g/mol. The molecule has 0 atom stereocenters. The van der Waals surface area contributed by atoms with Gasteiger partial charge in [-0.05, 0) is 50.9 Å². The molecule has 1 aliphatic heterocycles. The molecule has 1 spiro atoms. The number of para-hydroxylation sites is 1. The minimum Gasteiger partial charge on any atom is -0.494 e. The predicted molar refractivity (Wildman–Crippen MR) is 86.8 cm³/mol. The highest BCUT2D eigenvalue weighted by Crippen LogP contribution is 2.31. The maximum absolute atomic E-state index is 5.80. The molecule has 2 aliphatic rings. The molecule has 0 aromatic heterocycles. The average Bonchev–Trinajstić information content (AvgIpc) is 2.87. The van der Waals surface area contributed by atoms with Gasteiger partial charge < -0.3 is 15.0 Å². The Hall–Kier alpha value is -1.06. The smallest absolute Gasteiger partial charge is 0.119 e. The first-order valence-electron chi connectivity index (χ1n) is 8.52. The van der Waals surface area contributed by atoms with E-state index in [4.69, 9.17) is 4.74 Å². The summed E-state index contributed by atoms with van der Waals surface area (Å²) in [6.07, 6.45) is 7.93. The summed E-state index contributed by atoms with van der Waals surface area (Å²) in [4.78, 5) is 2.65. The van der Waals surface area contributed by atoms with Gasteiger partial charge in [-0.2, -0.15) is 0 Å². The minimum atomic E-state index is 0.427. The Balaban J connectivity index is 1.42. The highest BCUT2D eigenvalue weighted by atomic mass is 16.5. The quantitative estimate of drug-likeness (QED) is 0.843. The van der Waals surface area contributed by atoms with Gasteiger partial charge in [0.25, 0.3) is 0 Å². The SMILES string of the molecule is c1ccc(OCCCN2CCCNC3(CCCC3)C2)cc1. The summed E-state index contributed by atoms with van der Waals surface area (Å²) in [7, 11) is 0. The van der Waals surface area contributed by atoms with Gasteiger partial charge >= 0.3 is 0 Å². The zero-order valence-corrected chi connectivity index (χ0v) is 13.0. The number of rotatable bonds is 5. The van der Waals surface area contributed by atoms with Crippen LogP contribution in [0.5, 0.6) is 5.75 Å². The number of hydrogen-bond donors (Lipinski definition) is 1. The van der Waals surface area contributed by atoms with Gasteiger partial charge in [0.15, 0.2) is 0 Å². The van der Waals surface area contributed by atoms with Crippen molar-refractivity contribution in [1.29, 1.82) is 0 Å². The van der Waals surface area contributed by atoms with E-state index in [0.29, 0.717) is 5.54 Å². The summed E-state index contributed by atoms with van der Waals surface area (Å²) < 4.78 is 5.80. The molecule has 0 unspecified atom stereocenters. The van der Waals surface area contributed by atoms with Gasteiger partial charge in [-0.15, -0.1) is 0 Å². The van der Waals surface area contributed by atoms with Crippen LogP contribution in [0.4, 0.5) is 0 Å². The largest absolute Gasteiger partial charge is 0.494 e. The standard InChI is InChI=1S/C18H28N2O/c1-2-8-17(9-3-1)21-15-7-14-20-13-6-12-19-18(16-20)10-4-5-11-18/h1-3,8-9,19H,4-7,10-16H2. The van der Waals surface area contributed by atoms with Gasteiger partial charge in [0.05, 0.1) is 6.61 Å². The van der Waals surface area contributed by atoms with Crippen molar-refractivity contribution in [2.24, 2.45) is 0 Å². The maximum atomic E-state index is 5.80. The summed E-state index contributed by atoms with van der Waals surface area (Å²) in [6.45, 7) is 5.65. The van der Waals surface area contributed by atoms with Crippen molar-refractivity contribution in [3.8, 4) is 5.75 Å². The van der Waals surface area contributed by atoms with E-state index in [1.165, 1.54) is 51.7 Å². The lowest BCUT2D eigenvalue weighted by molar-refractivity contribution is 0.193. The van der Waals surface area contributed by atoms with E-state index in [2.05, 4.69) is 10.2 Å². The first-order chi connectivity index (χ1) is 10.4. The molecule has 3 rings (SSSR count). The monoisotopic (exact) mass is 288 g/mol. The zero-order chi connectivity index (χ0) is 14.4. The summed E-state index contributed by atoms with van der Waals surface area (Å²) in [6, 6.07) is 10.1. The second-order valence-corrected chi connectivity index (χ2v) is 6.56. The Morgan fingerprint density at radius 3 is 2.71 bits per heavy atom. The van der Waals surface area contributed by atoms with Crippen LogP contribution in [0.1, 0.15) is 38.5 Å². The number of nitrogens with zero attached hydrogens (tertiary/aromatic N) is 1. The van der Waals surface area contributed by atoms with Crippen molar-refractivity contribution >= 4 is 0 Å². The van der Waals surface area contributed by atoms with E-state index < -0.39 is 0 Å². The third-order valence-corrected chi connectivity index (χ3v) is 4.87. The highest BCUT2D eigenvalue weighted by molar-refractivity contribution is 5.20. The number of nitrogens with one attached hydrogen (secondary N) is 1. The van der Waals surface area contributed by atoms with Crippen molar-refractivity contribution in [2.75, 3.05) is 32.8 Å². The van der Waals surface area contributed by atoms with Gasteiger partial charge in [0, 0.05) is 18.6 Å². The molecule has 0 bridgehead atoms. The van der Waals surface area contributed by atoms with Crippen LogP contribution >= 0.6 is 0 Å². The predicted octanol–water partition coefficient (Wildman–Crippen LogP) is 3.06. The second kappa shape index (κ2) is 7.28. The van der Waals surface area contributed by atoms with Crippen LogP contribution in [-0.2, 0) is 0 Å². The Morgan fingerprint density at radius 1 is 1.10 bits per heavy atom. The van der Waals surface area contributed by atoms with Crippen LogP contribution in [0.25, 0.3) is 0 Å². The van der Waals surface area contributed by atoms with Crippen LogP contribution < -0.4 is 10.1 Å². The van der Waals surface area contributed by atoms with Crippen molar-refractivity contribution in [3.63, 3.8) is 0 Å². The van der Waals surface area contributed by atoms with E-state index in [9.17, 15) is 0 Å². The molecule has 3 heteroatoms. The molecule has 3 nitrogen and oxygen atoms in total. The van der Waals surface area contributed by atoms with Crippen LogP contribution in [0.15, 0.2) is 30.3 Å². The summed E-state index contributed by atoms with van der Waals surface area (Å²) in [5.41, 5.74) is 0.427. The molecule has 1 N–H and O–H groups in total. The fourth-order valence-electron chi connectivity index (χ4n) is 3.79. The Kier molecular flexibility index (Phi) is 5.15. The van der Waals surface area contributed by atoms with E-state index in [1.54, 1.807) is 0 Å². The second-order valence-electron chi connectivity index (χ2n) is 6.56. The summed E-state index contributed by atoms with van der Waals surface area (Å²) in [5.74, 6) is 0.988. The number of benzene rings is 1. The average molecular weight is 288 g/mol. The summed E-state index contributed by atoms with van der Waals surface area (Å²) >= 11 is 0. The van der Waals surface area contributed by atoms with Gasteiger partial charge in [-0.3, -0.25) is 0 Å². The first kappa shape index (κ1) is 14.9. The molecule has 1 aliphatic carbocycles. The van der Waals surface area contributed by atoms with Crippen LogP contribution in [0.2, 0.25) is 0 Å². The van der Waals surface area contributed by atoms with Gasteiger partial charge in [-0.1, -0.05) is 31.0 Å². The zero-order valence-electron chi connectivity index (χ0n) is 13.0. The lowest BCUT2D eigenvalue weighted by Gasteiger charge is -2.33. The van der Waals surface area contributed by atoms with E-state index in [0.717, 1.165) is 25.3 Å². The molecule has 1 aromatic carbocycles. The molecule has 116 valence electrons. The molecule has 0 amide bonds. The fourth-order valence-corrected chi connectivity index (χ4v) is 3.79.